The van der Waals surface area contributed by atoms with Crippen molar-refractivity contribution in [3.05, 3.63) is 38.4 Å². The summed E-state index contributed by atoms with van der Waals surface area (Å²) in [6.45, 7) is 2.30. The van der Waals surface area contributed by atoms with Crippen molar-refractivity contribution in [2.45, 2.75) is 19.4 Å². The van der Waals surface area contributed by atoms with E-state index in [9.17, 15) is 20.2 Å². The number of benzene rings is 1. The van der Waals surface area contributed by atoms with E-state index in [1.165, 1.54) is 19.2 Å². The Labute approximate surface area is 109 Å². The van der Waals surface area contributed by atoms with Crippen molar-refractivity contribution in [2.75, 3.05) is 19.0 Å². The number of nitrogens with one attached hydrogen (secondary N) is 1. The summed E-state index contributed by atoms with van der Waals surface area (Å²) in [5, 5.41) is 24.5. The number of nitrogens with zero attached hydrogens (tertiary/aromatic N) is 2. The van der Waals surface area contributed by atoms with E-state index in [1.807, 2.05) is 6.92 Å². The lowest BCUT2D eigenvalue weighted by atomic mass is 10.2. The number of anilines is 1. The molecule has 1 rings (SSSR count). The number of hydrogen-bond donors (Lipinski definition) is 1. The number of methoxy groups -OCH3 is 1. The van der Waals surface area contributed by atoms with Crippen LogP contribution in [0.25, 0.3) is 0 Å². The van der Waals surface area contributed by atoms with Crippen LogP contribution in [0, 0.1) is 20.2 Å². The van der Waals surface area contributed by atoms with Crippen molar-refractivity contribution >= 4 is 17.1 Å². The van der Waals surface area contributed by atoms with Gasteiger partial charge in [0.2, 0.25) is 0 Å². The SMILES string of the molecule is CCC(COC)Nc1ccc([N+](=O)[O-])cc1[N+](=O)[O-]. The fraction of sp³-hybridized carbons (Fsp3) is 0.455. The van der Waals surface area contributed by atoms with E-state index < -0.39 is 9.85 Å². The molecule has 0 aliphatic carbocycles. The van der Waals surface area contributed by atoms with Gasteiger partial charge in [-0.1, -0.05) is 6.92 Å². The molecule has 0 saturated heterocycles. The largest absolute Gasteiger partial charge is 0.383 e. The zero-order chi connectivity index (χ0) is 14.4. The fourth-order valence-electron chi connectivity index (χ4n) is 1.59. The molecule has 19 heavy (non-hydrogen) atoms. The number of ether oxygens (including phenoxy) is 1. The van der Waals surface area contributed by atoms with Crippen molar-refractivity contribution < 1.29 is 14.6 Å². The van der Waals surface area contributed by atoms with Crippen LogP contribution in [0.1, 0.15) is 13.3 Å². The first kappa shape index (κ1) is 14.8. The number of nitro groups is 2. The molecule has 0 amide bonds. The Morgan fingerprint density at radius 3 is 2.47 bits per heavy atom. The number of nitro benzene ring substituents is 2. The molecule has 0 spiro atoms. The van der Waals surface area contributed by atoms with Crippen LogP contribution in [0.3, 0.4) is 0 Å². The average molecular weight is 269 g/mol. The van der Waals surface area contributed by atoms with E-state index in [1.54, 1.807) is 0 Å². The lowest BCUT2D eigenvalue weighted by molar-refractivity contribution is -0.393. The van der Waals surface area contributed by atoms with Crippen LogP contribution < -0.4 is 5.32 Å². The maximum absolute atomic E-state index is 10.9. The van der Waals surface area contributed by atoms with E-state index >= 15 is 0 Å². The highest BCUT2D eigenvalue weighted by Crippen LogP contribution is 2.29. The van der Waals surface area contributed by atoms with Gasteiger partial charge in [-0.2, -0.15) is 0 Å². The molecule has 0 aromatic heterocycles. The predicted molar refractivity (Wildman–Crippen MR) is 69.3 cm³/mol. The third kappa shape index (κ3) is 3.88. The van der Waals surface area contributed by atoms with Gasteiger partial charge in [0.05, 0.1) is 22.5 Å². The Morgan fingerprint density at radius 2 is 2.00 bits per heavy atom. The Hall–Kier alpha value is -2.22. The number of hydrogen-bond acceptors (Lipinski definition) is 6. The van der Waals surface area contributed by atoms with E-state index in [-0.39, 0.29) is 23.1 Å². The van der Waals surface area contributed by atoms with Gasteiger partial charge in [0.25, 0.3) is 11.4 Å². The van der Waals surface area contributed by atoms with Crippen molar-refractivity contribution in [1.29, 1.82) is 0 Å². The highest BCUT2D eigenvalue weighted by atomic mass is 16.6. The zero-order valence-corrected chi connectivity index (χ0v) is 10.7. The summed E-state index contributed by atoms with van der Waals surface area (Å²) in [5.41, 5.74) is -0.375. The molecule has 1 aromatic carbocycles. The first-order valence-electron chi connectivity index (χ1n) is 5.67. The molecule has 0 heterocycles. The molecule has 0 aliphatic rings. The normalized spacial score (nSPS) is 11.9. The molecule has 0 saturated carbocycles. The summed E-state index contributed by atoms with van der Waals surface area (Å²) >= 11 is 0. The van der Waals surface area contributed by atoms with Gasteiger partial charge in [0.15, 0.2) is 0 Å². The van der Waals surface area contributed by atoms with Crippen LogP contribution in [-0.2, 0) is 4.74 Å². The second-order valence-electron chi connectivity index (χ2n) is 3.92. The van der Waals surface area contributed by atoms with Gasteiger partial charge < -0.3 is 10.1 Å². The molecule has 104 valence electrons. The Bertz CT molecular complexity index is 477. The minimum Gasteiger partial charge on any atom is -0.383 e. The molecule has 1 N–H and O–H groups in total. The summed E-state index contributed by atoms with van der Waals surface area (Å²) in [5.74, 6) is 0. The van der Waals surface area contributed by atoms with Crippen LogP contribution in [0.5, 0.6) is 0 Å². The van der Waals surface area contributed by atoms with Gasteiger partial charge in [-0.15, -0.1) is 0 Å². The Kier molecular flexibility index (Phi) is 5.19. The molecule has 0 bridgehead atoms. The van der Waals surface area contributed by atoms with Gasteiger partial charge in [-0.05, 0) is 12.5 Å². The van der Waals surface area contributed by atoms with Crippen molar-refractivity contribution in [3.63, 3.8) is 0 Å². The molecule has 8 heteroatoms. The first-order chi connectivity index (χ1) is 8.99. The highest BCUT2D eigenvalue weighted by Gasteiger charge is 2.20. The Morgan fingerprint density at radius 1 is 1.32 bits per heavy atom. The minimum atomic E-state index is -0.663. The highest BCUT2D eigenvalue weighted by molar-refractivity contribution is 5.65. The third-order valence-corrected chi connectivity index (χ3v) is 2.61. The summed E-state index contributed by atoms with van der Waals surface area (Å²) in [6.07, 6.45) is 0.710. The maximum Gasteiger partial charge on any atom is 0.299 e. The molecule has 0 fully saturated rings. The second-order valence-corrected chi connectivity index (χ2v) is 3.92. The maximum atomic E-state index is 10.9. The fourth-order valence-corrected chi connectivity index (χ4v) is 1.59. The standard InChI is InChI=1S/C11H15N3O5/c1-3-8(7-19-2)12-10-5-4-9(13(15)16)6-11(10)14(17)18/h4-6,8,12H,3,7H2,1-2H3. The van der Waals surface area contributed by atoms with E-state index in [4.69, 9.17) is 4.74 Å². The van der Waals surface area contributed by atoms with Gasteiger partial charge in [-0.3, -0.25) is 20.2 Å². The second kappa shape index (κ2) is 6.64. The van der Waals surface area contributed by atoms with Crippen LogP contribution in [0.2, 0.25) is 0 Å². The zero-order valence-electron chi connectivity index (χ0n) is 10.7. The monoisotopic (exact) mass is 269 g/mol. The first-order valence-corrected chi connectivity index (χ1v) is 5.67. The van der Waals surface area contributed by atoms with E-state index in [0.717, 1.165) is 6.07 Å². The number of rotatable bonds is 7. The summed E-state index contributed by atoms with van der Waals surface area (Å²) in [7, 11) is 1.54. The van der Waals surface area contributed by atoms with E-state index in [0.29, 0.717) is 13.0 Å². The summed E-state index contributed by atoms with van der Waals surface area (Å²) in [4.78, 5) is 20.2. The van der Waals surface area contributed by atoms with Crippen LogP contribution >= 0.6 is 0 Å². The van der Waals surface area contributed by atoms with Crippen LogP contribution in [0.15, 0.2) is 18.2 Å². The van der Waals surface area contributed by atoms with Gasteiger partial charge in [0.1, 0.15) is 5.69 Å². The lowest BCUT2D eigenvalue weighted by Gasteiger charge is -2.17. The summed E-state index contributed by atoms with van der Waals surface area (Å²) in [6, 6.07) is 3.43. The molecule has 1 unspecified atom stereocenters. The van der Waals surface area contributed by atoms with Gasteiger partial charge in [-0.25, -0.2) is 0 Å². The number of non-ortho nitro benzene ring substituents is 1. The quantitative estimate of drug-likeness (QED) is 0.601. The molecule has 0 aliphatic heterocycles. The summed E-state index contributed by atoms with van der Waals surface area (Å²) < 4.78 is 4.99. The van der Waals surface area contributed by atoms with E-state index in [2.05, 4.69) is 5.32 Å². The van der Waals surface area contributed by atoms with Crippen molar-refractivity contribution in [2.24, 2.45) is 0 Å². The van der Waals surface area contributed by atoms with Gasteiger partial charge >= 0.3 is 0 Å². The predicted octanol–water partition coefficient (Wildman–Crippen LogP) is 2.34. The smallest absolute Gasteiger partial charge is 0.299 e. The Balaban J connectivity index is 3.06. The minimum absolute atomic E-state index is 0.0924. The third-order valence-electron chi connectivity index (χ3n) is 2.61. The molecular formula is C11H15N3O5. The van der Waals surface area contributed by atoms with Crippen LogP contribution in [-0.4, -0.2) is 29.6 Å². The molecule has 1 atom stereocenters. The molecule has 0 radical (unpaired) electrons. The van der Waals surface area contributed by atoms with Gasteiger partial charge in [0, 0.05) is 19.2 Å². The topological polar surface area (TPSA) is 108 Å². The molecular weight excluding hydrogens is 254 g/mol. The molecule has 1 aromatic rings. The van der Waals surface area contributed by atoms with Crippen molar-refractivity contribution in [1.82, 2.24) is 0 Å². The lowest BCUT2D eigenvalue weighted by Crippen LogP contribution is -2.24. The molecule has 8 nitrogen and oxygen atoms in total. The average Bonchev–Trinajstić information content (AvgIpc) is 2.37. The van der Waals surface area contributed by atoms with Crippen molar-refractivity contribution in [3.8, 4) is 0 Å². The van der Waals surface area contributed by atoms with Crippen LogP contribution in [0.4, 0.5) is 17.1 Å².